The molecule has 1 atom stereocenters. The largest absolute Gasteiger partial charge is 0.465 e. The number of esters is 1. The lowest BCUT2D eigenvalue weighted by Crippen LogP contribution is -2.15. The van der Waals surface area contributed by atoms with E-state index in [0.29, 0.717) is 6.61 Å². The van der Waals surface area contributed by atoms with Crippen molar-refractivity contribution in [2.24, 2.45) is 5.92 Å². The van der Waals surface area contributed by atoms with Gasteiger partial charge in [0.2, 0.25) is 0 Å². The van der Waals surface area contributed by atoms with E-state index >= 15 is 0 Å². The summed E-state index contributed by atoms with van der Waals surface area (Å²) in [5.41, 5.74) is 0. The van der Waals surface area contributed by atoms with Crippen LogP contribution in [0.25, 0.3) is 0 Å². The number of hydrogen-bond donors (Lipinski definition) is 0. The highest BCUT2D eigenvalue weighted by molar-refractivity contribution is 5.71. The van der Waals surface area contributed by atoms with Crippen molar-refractivity contribution in [3.05, 3.63) is 0 Å². The van der Waals surface area contributed by atoms with Crippen LogP contribution in [0, 0.1) is 5.92 Å². The first-order chi connectivity index (χ1) is 11.7. The van der Waals surface area contributed by atoms with Crippen LogP contribution in [0.2, 0.25) is 0 Å². The lowest BCUT2D eigenvalue weighted by atomic mass is 10.0. The fourth-order valence-corrected chi connectivity index (χ4v) is 3.06. The van der Waals surface area contributed by atoms with E-state index in [1.54, 1.807) is 0 Å². The molecule has 2 nitrogen and oxygen atoms in total. The van der Waals surface area contributed by atoms with Crippen LogP contribution in [-0.2, 0) is 9.53 Å². The molecule has 0 radical (unpaired) electrons. The summed E-state index contributed by atoms with van der Waals surface area (Å²) >= 11 is 0. The van der Waals surface area contributed by atoms with E-state index in [2.05, 4.69) is 13.8 Å². The van der Waals surface area contributed by atoms with Crippen molar-refractivity contribution in [2.75, 3.05) is 6.61 Å². The Balaban J connectivity index is 3.18. The highest BCUT2D eigenvalue weighted by atomic mass is 16.5. The van der Waals surface area contributed by atoms with Crippen molar-refractivity contribution in [3.8, 4) is 0 Å². The van der Waals surface area contributed by atoms with Crippen LogP contribution in [0.1, 0.15) is 124 Å². The van der Waals surface area contributed by atoms with Gasteiger partial charge in [0.15, 0.2) is 0 Å². The van der Waals surface area contributed by atoms with Crippen molar-refractivity contribution in [3.63, 3.8) is 0 Å². The van der Waals surface area contributed by atoms with Gasteiger partial charge in [-0.1, -0.05) is 111 Å². The van der Waals surface area contributed by atoms with Crippen molar-refractivity contribution in [1.82, 2.24) is 0 Å². The molecule has 2 heteroatoms. The molecule has 0 fully saturated rings. The van der Waals surface area contributed by atoms with Gasteiger partial charge in [0, 0.05) is 0 Å². The molecule has 24 heavy (non-hydrogen) atoms. The first kappa shape index (κ1) is 23.5. The maximum atomic E-state index is 11.7. The number of unbranched alkanes of at least 4 members (excludes halogenated alkanes) is 13. The Morgan fingerprint density at radius 1 is 0.667 bits per heavy atom. The minimum Gasteiger partial charge on any atom is -0.465 e. The second kappa shape index (κ2) is 18.8. The summed E-state index contributed by atoms with van der Waals surface area (Å²) in [4.78, 5) is 11.7. The van der Waals surface area contributed by atoms with Crippen LogP contribution >= 0.6 is 0 Å². The van der Waals surface area contributed by atoms with Crippen LogP contribution in [-0.4, -0.2) is 12.6 Å². The van der Waals surface area contributed by atoms with Gasteiger partial charge in [0.25, 0.3) is 0 Å². The molecule has 0 aliphatic carbocycles. The molecular formula is C22H44O2. The zero-order chi connectivity index (χ0) is 17.9. The van der Waals surface area contributed by atoms with Gasteiger partial charge in [-0.3, -0.25) is 4.79 Å². The monoisotopic (exact) mass is 340 g/mol. The fourth-order valence-electron chi connectivity index (χ4n) is 3.06. The summed E-state index contributed by atoms with van der Waals surface area (Å²) in [6.07, 6.45) is 20.8. The Morgan fingerprint density at radius 3 is 1.54 bits per heavy atom. The van der Waals surface area contributed by atoms with Crippen molar-refractivity contribution < 1.29 is 9.53 Å². The smallest absolute Gasteiger partial charge is 0.308 e. The molecule has 0 N–H and O–H groups in total. The van der Waals surface area contributed by atoms with Gasteiger partial charge in [-0.25, -0.2) is 0 Å². The number of ether oxygens (including phenoxy) is 1. The Hall–Kier alpha value is -0.530. The summed E-state index contributed by atoms with van der Waals surface area (Å²) in [5, 5.41) is 0. The Bertz CT molecular complexity index is 263. The molecular weight excluding hydrogens is 296 g/mol. The summed E-state index contributed by atoms with van der Waals surface area (Å²) in [6, 6.07) is 0. The molecule has 144 valence electrons. The summed E-state index contributed by atoms with van der Waals surface area (Å²) in [7, 11) is 0. The van der Waals surface area contributed by atoms with Crippen molar-refractivity contribution in [1.29, 1.82) is 0 Å². The SMILES string of the molecule is CCCCCCCCCCCCCCCOC(=O)C(C)CCCC. The summed E-state index contributed by atoms with van der Waals surface area (Å²) in [6.45, 7) is 7.04. The van der Waals surface area contributed by atoms with E-state index in [0.717, 1.165) is 25.7 Å². The van der Waals surface area contributed by atoms with Gasteiger partial charge < -0.3 is 4.74 Å². The van der Waals surface area contributed by atoms with E-state index < -0.39 is 0 Å². The molecule has 0 bridgehead atoms. The normalized spacial score (nSPS) is 12.3. The second-order valence-electron chi connectivity index (χ2n) is 7.45. The average Bonchev–Trinajstić information content (AvgIpc) is 2.59. The van der Waals surface area contributed by atoms with Crippen LogP contribution in [0.5, 0.6) is 0 Å². The Morgan fingerprint density at radius 2 is 1.08 bits per heavy atom. The van der Waals surface area contributed by atoms with Crippen molar-refractivity contribution in [2.45, 2.75) is 124 Å². The molecule has 0 saturated heterocycles. The molecule has 0 saturated carbocycles. The molecule has 0 aromatic carbocycles. The number of carbonyl (C=O) groups excluding carboxylic acids is 1. The summed E-state index contributed by atoms with van der Waals surface area (Å²) < 4.78 is 5.36. The summed E-state index contributed by atoms with van der Waals surface area (Å²) in [5.74, 6) is 0.0781. The van der Waals surface area contributed by atoms with Gasteiger partial charge in [0.05, 0.1) is 12.5 Å². The number of rotatable bonds is 18. The minimum absolute atomic E-state index is 0.00221. The molecule has 1 unspecified atom stereocenters. The Kier molecular flexibility index (Phi) is 18.4. The average molecular weight is 341 g/mol. The first-order valence-corrected chi connectivity index (χ1v) is 10.9. The predicted molar refractivity (Wildman–Crippen MR) is 105 cm³/mol. The lowest BCUT2D eigenvalue weighted by molar-refractivity contribution is -0.148. The maximum absolute atomic E-state index is 11.7. The third-order valence-electron chi connectivity index (χ3n) is 4.89. The van der Waals surface area contributed by atoms with Crippen LogP contribution < -0.4 is 0 Å². The third kappa shape index (κ3) is 16.3. The highest BCUT2D eigenvalue weighted by Gasteiger charge is 2.12. The second-order valence-corrected chi connectivity index (χ2v) is 7.45. The van der Waals surface area contributed by atoms with Crippen molar-refractivity contribution >= 4 is 5.97 Å². The molecule has 0 amide bonds. The van der Waals surface area contributed by atoms with Crippen LogP contribution in [0.15, 0.2) is 0 Å². The van der Waals surface area contributed by atoms with Gasteiger partial charge in [0.1, 0.15) is 0 Å². The van der Waals surface area contributed by atoms with Crippen LogP contribution in [0.4, 0.5) is 0 Å². The standard InChI is InChI=1S/C22H44O2/c1-4-6-8-9-10-11-12-13-14-15-16-17-18-20-24-22(23)21(3)19-7-5-2/h21H,4-20H2,1-3H3. The van der Waals surface area contributed by atoms with E-state index in [1.165, 1.54) is 77.0 Å². The Labute approximate surface area is 152 Å². The molecule has 0 aromatic heterocycles. The zero-order valence-electron chi connectivity index (χ0n) is 16.9. The van der Waals surface area contributed by atoms with E-state index in [1.807, 2.05) is 6.92 Å². The zero-order valence-corrected chi connectivity index (χ0v) is 16.9. The molecule has 0 heterocycles. The molecule has 0 aliphatic rings. The number of hydrogen-bond acceptors (Lipinski definition) is 2. The quantitative estimate of drug-likeness (QED) is 0.191. The fraction of sp³-hybridized carbons (Fsp3) is 0.955. The highest BCUT2D eigenvalue weighted by Crippen LogP contribution is 2.13. The lowest BCUT2D eigenvalue weighted by Gasteiger charge is -2.10. The molecule has 0 rings (SSSR count). The molecule has 0 aromatic rings. The van der Waals surface area contributed by atoms with Gasteiger partial charge in [-0.15, -0.1) is 0 Å². The maximum Gasteiger partial charge on any atom is 0.308 e. The van der Waals surface area contributed by atoms with Gasteiger partial charge >= 0.3 is 5.97 Å². The molecule has 0 spiro atoms. The van der Waals surface area contributed by atoms with Crippen LogP contribution in [0.3, 0.4) is 0 Å². The predicted octanol–water partition coefficient (Wildman–Crippen LogP) is 7.45. The van der Waals surface area contributed by atoms with E-state index in [-0.39, 0.29) is 11.9 Å². The number of carbonyl (C=O) groups is 1. The molecule has 0 aliphatic heterocycles. The van der Waals surface area contributed by atoms with Gasteiger partial charge in [-0.05, 0) is 12.8 Å². The third-order valence-corrected chi connectivity index (χ3v) is 4.89. The van der Waals surface area contributed by atoms with E-state index in [9.17, 15) is 4.79 Å². The topological polar surface area (TPSA) is 26.3 Å². The first-order valence-electron chi connectivity index (χ1n) is 10.9. The van der Waals surface area contributed by atoms with E-state index in [4.69, 9.17) is 4.74 Å². The van der Waals surface area contributed by atoms with Gasteiger partial charge in [-0.2, -0.15) is 0 Å². The minimum atomic E-state index is 0.00221.